The minimum atomic E-state index is 0.563. The normalized spacial score (nSPS) is 11.9. The lowest BCUT2D eigenvalue weighted by molar-refractivity contribution is 0.987. The molecule has 0 aliphatic heterocycles. The number of fused-ring (bicyclic) bond motifs is 10. The van der Waals surface area contributed by atoms with Crippen LogP contribution in [0.2, 0.25) is 0 Å². The third kappa shape index (κ3) is 4.01. The van der Waals surface area contributed by atoms with Crippen molar-refractivity contribution in [3.05, 3.63) is 170 Å². The summed E-state index contributed by atoms with van der Waals surface area (Å²) < 4.78 is 6.67. The van der Waals surface area contributed by atoms with E-state index >= 15 is 0 Å². The zero-order valence-corrected chi connectivity index (χ0v) is 27.3. The van der Waals surface area contributed by atoms with Gasteiger partial charge in [0.15, 0.2) is 5.82 Å². The molecular weight excluding hydrogens is 625 g/mol. The summed E-state index contributed by atoms with van der Waals surface area (Å²) in [6.07, 6.45) is 0. The van der Waals surface area contributed by atoms with Crippen LogP contribution in [0.25, 0.3) is 94.3 Å². The van der Waals surface area contributed by atoms with Gasteiger partial charge in [-0.2, -0.15) is 9.50 Å². The molecule has 11 rings (SSSR count). The Bertz CT molecular complexity index is 3130. The van der Waals surface area contributed by atoms with E-state index in [1.54, 1.807) is 0 Å². The van der Waals surface area contributed by atoms with Crippen LogP contribution >= 0.6 is 0 Å². The largest absolute Gasteiger partial charge is 0.309 e. The molecule has 0 aliphatic carbocycles. The van der Waals surface area contributed by atoms with Crippen LogP contribution in [0.5, 0.6) is 0 Å². The minimum absolute atomic E-state index is 0.563. The van der Waals surface area contributed by atoms with Gasteiger partial charge in [-0.25, -0.2) is 4.98 Å². The Balaban J connectivity index is 1.23. The standard InChI is InChI=1S/C45H28N6/c1-3-15-29(16-4-1)42-34-21-9-14-26-39(34)51-45(46-42)47-44(48-51)35-22-10-13-25-38(35)50-36-23-11-7-19-31(36)32-27-28-40-41(43(32)50)33-20-8-12-24-37(33)49(40)30-17-5-2-6-18-30/h1-28H. The van der Waals surface area contributed by atoms with Crippen LogP contribution in [0.1, 0.15) is 0 Å². The van der Waals surface area contributed by atoms with E-state index in [1.807, 2.05) is 34.8 Å². The molecule has 0 N–H and O–H groups in total. The summed E-state index contributed by atoms with van der Waals surface area (Å²) in [6, 6.07) is 59.7. The second-order valence-electron chi connectivity index (χ2n) is 12.9. The number of rotatable bonds is 4. The predicted molar refractivity (Wildman–Crippen MR) is 208 cm³/mol. The Morgan fingerprint density at radius 3 is 1.84 bits per heavy atom. The van der Waals surface area contributed by atoms with Gasteiger partial charge in [0.2, 0.25) is 0 Å². The van der Waals surface area contributed by atoms with Crippen molar-refractivity contribution in [3.8, 4) is 34.0 Å². The molecule has 0 saturated carbocycles. The molecule has 0 atom stereocenters. The number of aromatic nitrogens is 6. The first kappa shape index (κ1) is 27.9. The number of para-hydroxylation sites is 5. The van der Waals surface area contributed by atoms with Crippen molar-refractivity contribution < 1.29 is 0 Å². The lowest BCUT2D eigenvalue weighted by Gasteiger charge is -2.13. The second-order valence-corrected chi connectivity index (χ2v) is 12.9. The molecule has 0 amide bonds. The van der Waals surface area contributed by atoms with E-state index in [0.717, 1.165) is 55.6 Å². The molecule has 238 valence electrons. The number of hydrogen-bond donors (Lipinski definition) is 0. The first-order valence-corrected chi connectivity index (χ1v) is 17.1. The van der Waals surface area contributed by atoms with Crippen LogP contribution in [0.4, 0.5) is 0 Å². The number of nitrogens with zero attached hydrogens (tertiary/aromatic N) is 6. The highest BCUT2D eigenvalue weighted by molar-refractivity contribution is 6.26. The van der Waals surface area contributed by atoms with Crippen LogP contribution in [0, 0.1) is 0 Å². The summed E-state index contributed by atoms with van der Waals surface area (Å²) in [5.41, 5.74) is 10.6. The number of benzene rings is 7. The van der Waals surface area contributed by atoms with Gasteiger partial charge in [-0.05, 0) is 48.5 Å². The molecule has 7 aromatic carbocycles. The highest BCUT2D eigenvalue weighted by atomic mass is 15.3. The SMILES string of the molecule is c1ccc(-c2nc3nc(-c4ccccc4-n4c5ccccc5c5ccc6c(c7ccccc7n6-c6ccccc6)c54)nn3c3ccccc23)cc1. The second kappa shape index (κ2) is 10.7. The van der Waals surface area contributed by atoms with E-state index in [9.17, 15) is 0 Å². The lowest BCUT2D eigenvalue weighted by Crippen LogP contribution is -1.99. The van der Waals surface area contributed by atoms with Crippen molar-refractivity contribution >= 4 is 60.3 Å². The predicted octanol–water partition coefficient (Wildman–Crippen LogP) is 10.8. The molecule has 0 aliphatic rings. The molecule has 0 fully saturated rings. The van der Waals surface area contributed by atoms with Gasteiger partial charge in [-0.3, -0.25) is 0 Å². The molecule has 0 saturated heterocycles. The van der Waals surface area contributed by atoms with Crippen molar-refractivity contribution in [2.24, 2.45) is 0 Å². The van der Waals surface area contributed by atoms with Crippen molar-refractivity contribution in [1.82, 2.24) is 28.7 Å². The highest BCUT2D eigenvalue weighted by Gasteiger charge is 2.23. The van der Waals surface area contributed by atoms with E-state index in [4.69, 9.17) is 15.1 Å². The molecule has 6 heteroatoms. The van der Waals surface area contributed by atoms with E-state index < -0.39 is 0 Å². The van der Waals surface area contributed by atoms with Gasteiger partial charge in [0, 0.05) is 43.7 Å². The lowest BCUT2D eigenvalue weighted by atomic mass is 10.1. The van der Waals surface area contributed by atoms with Gasteiger partial charge in [0.1, 0.15) is 0 Å². The molecule has 51 heavy (non-hydrogen) atoms. The van der Waals surface area contributed by atoms with Crippen LogP contribution in [-0.2, 0) is 0 Å². The van der Waals surface area contributed by atoms with E-state index in [0.29, 0.717) is 11.6 Å². The first-order chi connectivity index (χ1) is 25.3. The van der Waals surface area contributed by atoms with Crippen molar-refractivity contribution in [1.29, 1.82) is 0 Å². The van der Waals surface area contributed by atoms with Crippen LogP contribution < -0.4 is 0 Å². The third-order valence-electron chi connectivity index (χ3n) is 10.1. The molecule has 0 spiro atoms. The zero-order valence-electron chi connectivity index (χ0n) is 27.3. The summed E-state index contributed by atoms with van der Waals surface area (Å²) in [5, 5.41) is 11.0. The zero-order chi connectivity index (χ0) is 33.5. The van der Waals surface area contributed by atoms with Gasteiger partial charge in [-0.15, -0.1) is 5.10 Å². The maximum Gasteiger partial charge on any atom is 0.253 e. The van der Waals surface area contributed by atoms with Crippen LogP contribution in [0.15, 0.2) is 170 Å². The van der Waals surface area contributed by atoms with Crippen molar-refractivity contribution in [2.75, 3.05) is 0 Å². The monoisotopic (exact) mass is 652 g/mol. The van der Waals surface area contributed by atoms with E-state index in [2.05, 4.69) is 149 Å². The smallest absolute Gasteiger partial charge is 0.253 e. The first-order valence-electron chi connectivity index (χ1n) is 17.1. The van der Waals surface area contributed by atoms with E-state index in [-0.39, 0.29) is 0 Å². The molecule has 4 heterocycles. The molecule has 0 bridgehead atoms. The van der Waals surface area contributed by atoms with Gasteiger partial charge in [0.05, 0.1) is 39.0 Å². The van der Waals surface area contributed by atoms with Gasteiger partial charge >= 0.3 is 0 Å². The van der Waals surface area contributed by atoms with Crippen molar-refractivity contribution in [2.45, 2.75) is 0 Å². The molecule has 6 nitrogen and oxygen atoms in total. The molecule has 11 aromatic rings. The van der Waals surface area contributed by atoms with Gasteiger partial charge in [0.25, 0.3) is 5.78 Å². The van der Waals surface area contributed by atoms with Gasteiger partial charge < -0.3 is 9.13 Å². The average Bonchev–Trinajstić information content (AvgIpc) is 3.88. The quantitative estimate of drug-likeness (QED) is 0.190. The third-order valence-corrected chi connectivity index (χ3v) is 10.1. The molecule has 0 radical (unpaired) electrons. The maximum atomic E-state index is 5.16. The Hall–Kier alpha value is -7.05. The Morgan fingerprint density at radius 2 is 1.04 bits per heavy atom. The van der Waals surface area contributed by atoms with Crippen molar-refractivity contribution in [3.63, 3.8) is 0 Å². The molecular formula is C45H28N6. The fourth-order valence-corrected chi connectivity index (χ4v) is 7.96. The summed E-state index contributed by atoms with van der Waals surface area (Å²) in [7, 11) is 0. The summed E-state index contributed by atoms with van der Waals surface area (Å²) in [5.74, 6) is 1.19. The summed E-state index contributed by atoms with van der Waals surface area (Å²) >= 11 is 0. The number of hydrogen-bond acceptors (Lipinski definition) is 3. The molecule has 0 unspecified atom stereocenters. The van der Waals surface area contributed by atoms with Crippen LogP contribution in [0.3, 0.4) is 0 Å². The minimum Gasteiger partial charge on any atom is -0.309 e. The molecule has 4 aromatic heterocycles. The Kier molecular flexibility index (Phi) is 5.86. The topological polar surface area (TPSA) is 52.9 Å². The Labute approximate surface area is 292 Å². The summed E-state index contributed by atoms with van der Waals surface area (Å²) in [4.78, 5) is 10.2. The maximum absolute atomic E-state index is 5.16. The fraction of sp³-hybridized carbons (Fsp3) is 0. The Morgan fingerprint density at radius 1 is 0.412 bits per heavy atom. The summed E-state index contributed by atoms with van der Waals surface area (Å²) in [6.45, 7) is 0. The van der Waals surface area contributed by atoms with E-state index in [1.165, 1.54) is 27.1 Å². The average molecular weight is 653 g/mol. The fourth-order valence-electron chi connectivity index (χ4n) is 7.96. The van der Waals surface area contributed by atoms with Crippen LogP contribution in [-0.4, -0.2) is 28.7 Å². The highest BCUT2D eigenvalue weighted by Crippen LogP contribution is 2.43. The van der Waals surface area contributed by atoms with Gasteiger partial charge in [-0.1, -0.05) is 121 Å².